The number of unbranched alkanes of at least 4 members (excludes halogenated alkanes) is 1. The summed E-state index contributed by atoms with van der Waals surface area (Å²) in [5.41, 5.74) is 1.69. The summed E-state index contributed by atoms with van der Waals surface area (Å²) in [5, 5.41) is 6.91. The predicted octanol–water partition coefficient (Wildman–Crippen LogP) is 3.79. The van der Waals surface area contributed by atoms with Crippen LogP contribution < -0.4 is 10.6 Å². The highest BCUT2D eigenvalue weighted by molar-refractivity contribution is 9.10. The molecule has 1 fully saturated rings. The molecule has 122 valence electrons. The number of halogens is 1. The number of thioether (sulfide) groups is 1. The Kier molecular flexibility index (Phi) is 7.09. The maximum atomic E-state index is 4.33. The quantitative estimate of drug-likeness (QED) is 0.407. The van der Waals surface area contributed by atoms with Gasteiger partial charge in [0.05, 0.1) is 0 Å². The molecule has 0 heterocycles. The largest absolute Gasteiger partial charge is 0.356 e. The van der Waals surface area contributed by atoms with E-state index in [2.05, 4.69) is 62.1 Å². The number of guanidine groups is 1. The first-order valence-corrected chi connectivity index (χ1v) is 10.1. The summed E-state index contributed by atoms with van der Waals surface area (Å²) in [5.74, 6) is 2.15. The maximum Gasteiger partial charge on any atom is 0.191 e. The third-order valence-corrected chi connectivity index (χ3v) is 5.57. The molecular formula is C17H26BrN3S. The maximum absolute atomic E-state index is 4.33. The lowest BCUT2D eigenvalue weighted by atomic mass is 9.96. The Labute approximate surface area is 146 Å². The molecule has 2 N–H and O–H groups in total. The van der Waals surface area contributed by atoms with Crippen molar-refractivity contribution in [2.45, 2.75) is 31.1 Å². The molecule has 1 aliphatic carbocycles. The molecular weight excluding hydrogens is 358 g/mol. The van der Waals surface area contributed by atoms with E-state index in [0.717, 1.165) is 19.0 Å². The number of rotatable bonds is 8. The van der Waals surface area contributed by atoms with Crippen LogP contribution in [0.25, 0.3) is 0 Å². The number of benzene rings is 1. The van der Waals surface area contributed by atoms with Crippen molar-refractivity contribution in [3.8, 4) is 0 Å². The van der Waals surface area contributed by atoms with E-state index in [9.17, 15) is 0 Å². The van der Waals surface area contributed by atoms with E-state index in [1.807, 2.05) is 18.8 Å². The summed E-state index contributed by atoms with van der Waals surface area (Å²) in [6.07, 6.45) is 7.09. The van der Waals surface area contributed by atoms with Crippen LogP contribution in [-0.2, 0) is 5.41 Å². The van der Waals surface area contributed by atoms with Crippen molar-refractivity contribution in [3.05, 3.63) is 34.3 Å². The lowest BCUT2D eigenvalue weighted by Gasteiger charge is -2.20. The van der Waals surface area contributed by atoms with Gasteiger partial charge in [-0.25, -0.2) is 0 Å². The van der Waals surface area contributed by atoms with Crippen LogP contribution >= 0.6 is 27.7 Å². The number of nitrogens with one attached hydrogen (secondary N) is 2. The fourth-order valence-corrected chi connectivity index (χ4v) is 3.83. The molecule has 0 atom stereocenters. The van der Waals surface area contributed by atoms with Gasteiger partial charge in [-0.2, -0.15) is 11.8 Å². The molecule has 1 saturated carbocycles. The first kappa shape index (κ1) is 17.7. The van der Waals surface area contributed by atoms with Crippen molar-refractivity contribution in [2.75, 3.05) is 32.1 Å². The Morgan fingerprint density at radius 2 is 2.05 bits per heavy atom. The van der Waals surface area contributed by atoms with E-state index < -0.39 is 0 Å². The van der Waals surface area contributed by atoms with Gasteiger partial charge < -0.3 is 10.6 Å². The van der Waals surface area contributed by atoms with E-state index in [-0.39, 0.29) is 5.41 Å². The Balaban J connectivity index is 1.80. The zero-order chi connectivity index (χ0) is 15.8. The van der Waals surface area contributed by atoms with Gasteiger partial charge >= 0.3 is 0 Å². The molecule has 1 aromatic carbocycles. The predicted molar refractivity (Wildman–Crippen MR) is 102 cm³/mol. The van der Waals surface area contributed by atoms with Gasteiger partial charge in [0.1, 0.15) is 0 Å². The minimum absolute atomic E-state index is 0.274. The zero-order valence-corrected chi connectivity index (χ0v) is 15.9. The summed E-state index contributed by atoms with van der Waals surface area (Å²) in [6.45, 7) is 1.93. The number of hydrogen-bond acceptors (Lipinski definition) is 2. The van der Waals surface area contributed by atoms with E-state index >= 15 is 0 Å². The monoisotopic (exact) mass is 383 g/mol. The molecule has 22 heavy (non-hydrogen) atoms. The standard InChI is InChI=1S/C17H26BrN3S/c1-19-16(20-11-5-6-12-22-2)21-13-17(9-10-17)14-7-3-4-8-15(14)18/h3-4,7-8H,5-6,9-13H2,1-2H3,(H2,19,20,21). The SMILES string of the molecule is CN=C(NCCCCSC)NCC1(c2ccccc2Br)CC1. The van der Waals surface area contributed by atoms with Gasteiger partial charge in [0.15, 0.2) is 5.96 Å². The summed E-state index contributed by atoms with van der Waals surface area (Å²) in [7, 11) is 1.84. The summed E-state index contributed by atoms with van der Waals surface area (Å²) in [4.78, 5) is 4.33. The second kappa shape index (κ2) is 8.82. The van der Waals surface area contributed by atoms with Gasteiger partial charge in [0.2, 0.25) is 0 Å². The fraction of sp³-hybridized carbons (Fsp3) is 0.588. The van der Waals surface area contributed by atoms with Crippen LogP contribution in [0.15, 0.2) is 33.7 Å². The van der Waals surface area contributed by atoms with Crippen molar-refractivity contribution < 1.29 is 0 Å². The Hall–Kier alpha value is -0.680. The first-order valence-electron chi connectivity index (χ1n) is 7.90. The third-order valence-electron chi connectivity index (χ3n) is 4.18. The number of nitrogens with zero attached hydrogens (tertiary/aromatic N) is 1. The fourth-order valence-electron chi connectivity index (χ4n) is 2.64. The van der Waals surface area contributed by atoms with Crippen LogP contribution in [0.3, 0.4) is 0 Å². The summed E-state index contributed by atoms with van der Waals surface area (Å²) >= 11 is 5.60. The van der Waals surface area contributed by atoms with Gasteiger partial charge in [-0.3, -0.25) is 4.99 Å². The highest BCUT2D eigenvalue weighted by Gasteiger charge is 2.45. The number of hydrogen-bond donors (Lipinski definition) is 2. The average Bonchev–Trinajstić information content (AvgIpc) is 3.31. The summed E-state index contributed by atoms with van der Waals surface area (Å²) in [6, 6.07) is 8.57. The molecule has 0 saturated heterocycles. The van der Waals surface area contributed by atoms with Crippen molar-refractivity contribution in [1.29, 1.82) is 0 Å². The second-order valence-corrected chi connectivity index (χ2v) is 7.65. The molecule has 0 spiro atoms. The van der Waals surface area contributed by atoms with E-state index in [1.54, 1.807) is 0 Å². The van der Waals surface area contributed by atoms with E-state index in [1.165, 1.54) is 41.5 Å². The third kappa shape index (κ3) is 4.92. The molecule has 3 nitrogen and oxygen atoms in total. The molecule has 0 bridgehead atoms. The topological polar surface area (TPSA) is 36.4 Å². The highest BCUT2D eigenvalue weighted by Crippen LogP contribution is 2.49. The number of aliphatic imine (C=N–C) groups is 1. The van der Waals surface area contributed by atoms with Crippen LogP contribution in [0.1, 0.15) is 31.2 Å². The molecule has 0 radical (unpaired) electrons. The molecule has 0 unspecified atom stereocenters. The van der Waals surface area contributed by atoms with Gasteiger partial charge in [-0.1, -0.05) is 34.1 Å². The second-order valence-electron chi connectivity index (χ2n) is 5.81. The van der Waals surface area contributed by atoms with Crippen LogP contribution in [0.4, 0.5) is 0 Å². The van der Waals surface area contributed by atoms with Crippen LogP contribution in [0.2, 0.25) is 0 Å². The smallest absolute Gasteiger partial charge is 0.191 e. The minimum Gasteiger partial charge on any atom is -0.356 e. The molecule has 2 rings (SSSR count). The molecule has 1 aromatic rings. The van der Waals surface area contributed by atoms with Crippen molar-refractivity contribution in [3.63, 3.8) is 0 Å². The van der Waals surface area contributed by atoms with Crippen LogP contribution in [-0.4, -0.2) is 38.1 Å². The summed E-state index contributed by atoms with van der Waals surface area (Å²) < 4.78 is 1.22. The van der Waals surface area contributed by atoms with E-state index in [4.69, 9.17) is 0 Å². The van der Waals surface area contributed by atoms with Crippen LogP contribution in [0, 0.1) is 0 Å². The molecule has 5 heteroatoms. The molecule has 0 amide bonds. The average molecular weight is 384 g/mol. The molecule has 0 aliphatic heterocycles. The van der Waals surface area contributed by atoms with Crippen molar-refractivity contribution in [2.24, 2.45) is 4.99 Å². The minimum atomic E-state index is 0.274. The Morgan fingerprint density at radius 3 is 2.68 bits per heavy atom. The Bertz CT molecular complexity index is 500. The van der Waals surface area contributed by atoms with Gasteiger partial charge in [0.25, 0.3) is 0 Å². The zero-order valence-electron chi connectivity index (χ0n) is 13.5. The van der Waals surface area contributed by atoms with Crippen molar-refractivity contribution in [1.82, 2.24) is 10.6 Å². The highest BCUT2D eigenvalue weighted by atomic mass is 79.9. The normalized spacial score (nSPS) is 16.4. The lowest BCUT2D eigenvalue weighted by Crippen LogP contribution is -2.41. The van der Waals surface area contributed by atoms with Crippen LogP contribution in [0.5, 0.6) is 0 Å². The first-order chi connectivity index (χ1) is 10.7. The van der Waals surface area contributed by atoms with Crippen molar-refractivity contribution >= 4 is 33.7 Å². The van der Waals surface area contributed by atoms with Gasteiger partial charge in [-0.15, -0.1) is 0 Å². The Morgan fingerprint density at radius 1 is 1.27 bits per heavy atom. The van der Waals surface area contributed by atoms with Gasteiger partial charge in [0, 0.05) is 30.0 Å². The van der Waals surface area contributed by atoms with Gasteiger partial charge in [-0.05, 0) is 49.3 Å². The molecule has 1 aliphatic rings. The molecule has 0 aromatic heterocycles. The lowest BCUT2D eigenvalue weighted by molar-refractivity contribution is 0.639. The van der Waals surface area contributed by atoms with E-state index in [0.29, 0.717) is 0 Å².